The molecular formula is C24H18O4. The first-order valence-corrected chi connectivity index (χ1v) is 9.00. The van der Waals surface area contributed by atoms with Gasteiger partial charge < -0.3 is 9.84 Å². The highest BCUT2D eigenvalue weighted by Gasteiger charge is 2.22. The third kappa shape index (κ3) is 3.09. The van der Waals surface area contributed by atoms with E-state index in [4.69, 9.17) is 4.74 Å². The predicted molar refractivity (Wildman–Crippen MR) is 109 cm³/mol. The van der Waals surface area contributed by atoms with Crippen molar-refractivity contribution >= 4 is 33.5 Å². The molecule has 0 aliphatic heterocycles. The number of fused-ring (bicyclic) bond motifs is 2. The van der Waals surface area contributed by atoms with Crippen LogP contribution in [-0.4, -0.2) is 17.0 Å². The van der Waals surface area contributed by atoms with Crippen LogP contribution in [0.4, 0.5) is 0 Å². The normalized spacial score (nSPS) is 12.0. The Kier molecular flexibility index (Phi) is 4.53. The number of carbonyl (C=O) groups is 2. The van der Waals surface area contributed by atoms with Gasteiger partial charge in [-0.05, 0) is 46.7 Å². The lowest BCUT2D eigenvalue weighted by molar-refractivity contribution is 0.0337. The van der Waals surface area contributed by atoms with E-state index >= 15 is 0 Å². The Morgan fingerprint density at radius 3 is 1.86 bits per heavy atom. The Morgan fingerprint density at radius 1 is 0.786 bits per heavy atom. The molecule has 0 unspecified atom stereocenters. The van der Waals surface area contributed by atoms with Gasteiger partial charge in [0.2, 0.25) is 0 Å². The quantitative estimate of drug-likeness (QED) is 0.375. The number of esters is 1. The van der Waals surface area contributed by atoms with Crippen LogP contribution in [0.3, 0.4) is 0 Å². The summed E-state index contributed by atoms with van der Waals surface area (Å²) in [7, 11) is 0. The Morgan fingerprint density at radius 2 is 1.29 bits per heavy atom. The van der Waals surface area contributed by atoms with Gasteiger partial charge in [0, 0.05) is 5.56 Å². The first-order valence-electron chi connectivity index (χ1n) is 9.00. The van der Waals surface area contributed by atoms with Gasteiger partial charge in [-0.25, -0.2) is 9.59 Å². The Labute approximate surface area is 162 Å². The lowest BCUT2D eigenvalue weighted by atomic mass is 9.94. The maximum absolute atomic E-state index is 12.7. The maximum Gasteiger partial charge on any atom is 0.339 e. The summed E-state index contributed by atoms with van der Waals surface area (Å²) in [6.07, 6.45) is -0.551. The minimum absolute atomic E-state index is 0.0476. The first-order chi connectivity index (χ1) is 13.6. The van der Waals surface area contributed by atoms with Gasteiger partial charge in [0.1, 0.15) is 6.10 Å². The van der Waals surface area contributed by atoms with Crippen molar-refractivity contribution in [3.63, 3.8) is 0 Å². The molecule has 4 rings (SSSR count). The molecule has 0 aliphatic carbocycles. The van der Waals surface area contributed by atoms with E-state index in [1.165, 1.54) is 12.1 Å². The summed E-state index contributed by atoms with van der Waals surface area (Å²) in [6.45, 7) is 1.81. The van der Waals surface area contributed by atoms with Gasteiger partial charge in [0.15, 0.2) is 0 Å². The van der Waals surface area contributed by atoms with E-state index in [-0.39, 0.29) is 11.1 Å². The van der Waals surface area contributed by atoms with Crippen LogP contribution in [0.2, 0.25) is 0 Å². The van der Waals surface area contributed by atoms with Crippen LogP contribution in [0, 0.1) is 0 Å². The van der Waals surface area contributed by atoms with Crippen LogP contribution in [-0.2, 0) is 4.74 Å². The molecule has 4 aromatic rings. The molecule has 28 heavy (non-hydrogen) atoms. The molecule has 4 heteroatoms. The smallest absolute Gasteiger partial charge is 0.339 e. The minimum atomic E-state index is -1.16. The lowest BCUT2D eigenvalue weighted by Crippen LogP contribution is -2.14. The van der Waals surface area contributed by atoms with Crippen molar-refractivity contribution in [2.24, 2.45) is 0 Å². The molecule has 4 aromatic carbocycles. The number of aromatic carboxylic acids is 1. The lowest BCUT2D eigenvalue weighted by Gasteiger charge is -2.19. The average molecular weight is 370 g/mol. The standard InChI is InChI=1S/C24H18O4/c1-15(28-24(27)21-13-7-6-12-20(21)23(25)26)22-18-10-4-2-8-16(18)14-17-9-3-5-11-19(17)22/h2-15H,1H3,(H,25,26)/t15-/m0/s1. The maximum atomic E-state index is 12.7. The van der Waals surface area contributed by atoms with Gasteiger partial charge in [-0.15, -0.1) is 0 Å². The molecule has 0 radical (unpaired) electrons. The van der Waals surface area contributed by atoms with E-state index < -0.39 is 18.0 Å². The van der Waals surface area contributed by atoms with Crippen molar-refractivity contribution in [1.82, 2.24) is 0 Å². The van der Waals surface area contributed by atoms with Gasteiger partial charge in [-0.2, -0.15) is 0 Å². The van der Waals surface area contributed by atoms with Gasteiger partial charge in [0.25, 0.3) is 0 Å². The van der Waals surface area contributed by atoms with Crippen LogP contribution in [0.25, 0.3) is 21.5 Å². The summed E-state index contributed by atoms with van der Waals surface area (Å²) in [6, 6.07) is 24.1. The number of hydrogen-bond donors (Lipinski definition) is 1. The molecule has 1 atom stereocenters. The number of ether oxygens (including phenoxy) is 1. The van der Waals surface area contributed by atoms with E-state index in [1.807, 2.05) is 55.5 Å². The van der Waals surface area contributed by atoms with Crippen LogP contribution in [0.15, 0.2) is 78.9 Å². The van der Waals surface area contributed by atoms with Crippen molar-refractivity contribution in [2.75, 3.05) is 0 Å². The summed E-state index contributed by atoms with van der Waals surface area (Å²) in [4.78, 5) is 24.2. The molecule has 0 saturated heterocycles. The fraction of sp³-hybridized carbons (Fsp3) is 0.0833. The summed E-state index contributed by atoms with van der Waals surface area (Å²) in [5.74, 6) is -1.81. The van der Waals surface area contributed by atoms with Crippen molar-refractivity contribution < 1.29 is 19.4 Å². The van der Waals surface area contributed by atoms with E-state index in [0.717, 1.165) is 27.1 Å². The molecule has 0 aliphatic rings. The topological polar surface area (TPSA) is 63.6 Å². The summed E-state index contributed by atoms with van der Waals surface area (Å²) in [5.41, 5.74) is 0.892. The molecule has 0 amide bonds. The second-order valence-electron chi connectivity index (χ2n) is 6.63. The zero-order valence-electron chi connectivity index (χ0n) is 15.3. The van der Waals surface area contributed by atoms with Crippen molar-refractivity contribution in [1.29, 1.82) is 0 Å². The zero-order valence-corrected chi connectivity index (χ0v) is 15.3. The Balaban J connectivity index is 1.80. The molecule has 0 saturated carbocycles. The molecule has 138 valence electrons. The van der Waals surface area contributed by atoms with Crippen LogP contribution in [0.5, 0.6) is 0 Å². The number of carbonyl (C=O) groups excluding carboxylic acids is 1. The van der Waals surface area contributed by atoms with Gasteiger partial charge in [0.05, 0.1) is 11.1 Å². The van der Waals surface area contributed by atoms with E-state index in [9.17, 15) is 14.7 Å². The molecule has 0 heterocycles. The summed E-state index contributed by atoms with van der Waals surface area (Å²) >= 11 is 0. The summed E-state index contributed by atoms with van der Waals surface area (Å²) < 4.78 is 5.73. The average Bonchev–Trinajstić information content (AvgIpc) is 2.71. The largest absolute Gasteiger partial charge is 0.478 e. The SMILES string of the molecule is C[C@H](OC(=O)c1ccccc1C(=O)O)c1c2ccccc2cc2ccccc12. The van der Waals surface area contributed by atoms with Crippen molar-refractivity contribution in [3.8, 4) is 0 Å². The van der Waals surface area contributed by atoms with Crippen LogP contribution < -0.4 is 0 Å². The Hall–Kier alpha value is -3.66. The highest BCUT2D eigenvalue weighted by Crippen LogP contribution is 2.34. The third-order valence-corrected chi connectivity index (χ3v) is 4.88. The molecule has 0 aromatic heterocycles. The van der Waals surface area contributed by atoms with Crippen molar-refractivity contribution in [2.45, 2.75) is 13.0 Å². The number of rotatable bonds is 4. The Bertz CT molecular complexity index is 1160. The number of carboxylic acids is 1. The fourth-order valence-corrected chi connectivity index (χ4v) is 3.62. The van der Waals surface area contributed by atoms with Gasteiger partial charge >= 0.3 is 11.9 Å². The first kappa shape index (κ1) is 17.7. The second kappa shape index (κ2) is 7.16. The number of benzene rings is 4. The van der Waals surface area contributed by atoms with Crippen molar-refractivity contribution in [3.05, 3.63) is 95.6 Å². The zero-order chi connectivity index (χ0) is 19.7. The highest BCUT2D eigenvalue weighted by molar-refractivity contribution is 6.04. The molecular weight excluding hydrogens is 352 g/mol. The number of carboxylic acid groups (broad SMARTS) is 1. The summed E-state index contributed by atoms with van der Waals surface area (Å²) in [5, 5.41) is 13.5. The van der Waals surface area contributed by atoms with Crippen LogP contribution in [0.1, 0.15) is 39.3 Å². The molecule has 4 nitrogen and oxygen atoms in total. The van der Waals surface area contributed by atoms with E-state index in [0.29, 0.717) is 0 Å². The minimum Gasteiger partial charge on any atom is -0.478 e. The molecule has 0 bridgehead atoms. The molecule has 0 spiro atoms. The van der Waals surface area contributed by atoms with E-state index in [1.54, 1.807) is 12.1 Å². The van der Waals surface area contributed by atoms with Crippen LogP contribution >= 0.6 is 0 Å². The van der Waals surface area contributed by atoms with Gasteiger partial charge in [-0.1, -0.05) is 60.7 Å². The molecule has 1 N–H and O–H groups in total. The molecule has 0 fully saturated rings. The third-order valence-electron chi connectivity index (χ3n) is 4.88. The second-order valence-corrected chi connectivity index (χ2v) is 6.63. The fourth-order valence-electron chi connectivity index (χ4n) is 3.62. The monoisotopic (exact) mass is 370 g/mol. The van der Waals surface area contributed by atoms with Gasteiger partial charge in [-0.3, -0.25) is 0 Å². The highest BCUT2D eigenvalue weighted by atomic mass is 16.5. The van der Waals surface area contributed by atoms with E-state index in [2.05, 4.69) is 6.07 Å². The number of hydrogen-bond acceptors (Lipinski definition) is 3. The predicted octanol–water partition coefficient (Wildman–Crippen LogP) is 5.61.